The van der Waals surface area contributed by atoms with E-state index in [-0.39, 0.29) is 30.7 Å². The first-order chi connectivity index (χ1) is 15.9. The first-order valence-corrected chi connectivity index (χ1v) is 14.0. The van der Waals surface area contributed by atoms with Crippen LogP contribution in [0.4, 0.5) is 10.5 Å². The number of sulfonamides is 1. The predicted octanol–water partition coefficient (Wildman–Crippen LogP) is 3.44. The first kappa shape index (κ1) is 22.0. The zero-order chi connectivity index (χ0) is 23.2. The van der Waals surface area contributed by atoms with Crippen molar-refractivity contribution in [1.82, 2.24) is 4.90 Å². The number of anilines is 1. The fourth-order valence-corrected chi connectivity index (χ4v) is 9.01. The van der Waals surface area contributed by atoms with Crippen LogP contribution in [0.1, 0.15) is 23.5 Å². The number of para-hydroxylation sites is 1. The number of ether oxygens (including phenoxy) is 1. The van der Waals surface area contributed by atoms with Crippen LogP contribution in [0.25, 0.3) is 0 Å². The van der Waals surface area contributed by atoms with Crippen LogP contribution in [0.15, 0.2) is 83.8 Å². The van der Waals surface area contributed by atoms with E-state index in [4.69, 9.17) is 4.74 Å². The molecular weight excluding hydrogens is 503 g/mol. The third-order valence-electron chi connectivity index (χ3n) is 6.20. The number of carbonyl (C=O) groups excluding carboxylic acids is 1. The average molecular weight is 528 g/mol. The van der Waals surface area contributed by atoms with E-state index in [1.54, 1.807) is 29.2 Å². The molecule has 0 N–H and O–H groups in total. The van der Waals surface area contributed by atoms with E-state index in [0.29, 0.717) is 12.1 Å². The second kappa shape index (κ2) is 8.52. The van der Waals surface area contributed by atoms with Crippen LogP contribution in [0.2, 0.25) is 0 Å². The fraction of sp³-hybridized carbons (Fsp3) is 0.240. The molecule has 0 radical (unpaired) electrons. The van der Waals surface area contributed by atoms with Gasteiger partial charge in [0.05, 0.1) is 0 Å². The summed E-state index contributed by atoms with van der Waals surface area (Å²) in [5, 5.41) is 0. The number of benzene rings is 3. The molecule has 6 nitrogen and oxygen atoms in total. The van der Waals surface area contributed by atoms with Gasteiger partial charge in [-0.2, -0.15) is 0 Å². The van der Waals surface area contributed by atoms with Gasteiger partial charge >= 0.3 is 201 Å². The number of hydrogen-bond acceptors (Lipinski definition) is 4. The average Bonchev–Trinajstić information content (AvgIpc) is 3.33. The summed E-state index contributed by atoms with van der Waals surface area (Å²) in [6, 6.07) is 24.5. The van der Waals surface area contributed by atoms with E-state index in [1.165, 1.54) is 11.4 Å². The van der Waals surface area contributed by atoms with Gasteiger partial charge in [0.15, 0.2) is 0 Å². The minimum atomic E-state index is -3.90. The molecule has 170 valence electrons. The molecule has 1 saturated heterocycles. The zero-order valence-corrected chi connectivity index (χ0v) is 20.8. The Bertz CT molecular complexity index is 1280. The second-order valence-electron chi connectivity index (χ2n) is 8.19. The molecule has 5 rings (SSSR count). The molecule has 2 heterocycles. The number of hydrogen-bond donors (Lipinski definition) is 0. The normalized spacial score (nSPS) is 21.6. The van der Waals surface area contributed by atoms with Crippen molar-refractivity contribution in [3.05, 3.63) is 90.0 Å². The standard InChI is InChI=1S/C25H24N2O4SSe/c1-17-12-14-18(15-13-17)32(29,30)27-22-11-7-6-10-20(22)21-16-23(26(24(21)27)25(28)31-2)33-19-8-4-3-5-9-19/h3-15,21,23-24H,16H2,1-2H3/t21?,23-,24?/m1/s1. The Labute approximate surface area is 200 Å². The number of aryl methyl sites for hydroxylation is 1. The van der Waals surface area contributed by atoms with Crippen molar-refractivity contribution < 1.29 is 17.9 Å². The maximum atomic E-state index is 13.9. The number of carbonyl (C=O) groups is 1. The molecule has 0 aromatic heterocycles. The molecule has 2 aliphatic heterocycles. The first-order valence-electron chi connectivity index (χ1n) is 10.7. The summed E-state index contributed by atoms with van der Waals surface area (Å²) in [7, 11) is -2.55. The minimum absolute atomic E-state index is 0.0615. The van der Waals surface area contributed by atoms with Crippen LogP contribution in [-0.2, 0) is 14.8 Å². The van der Waals surface area contributed by atoms with E-state index in [9.17, 15) is 13.2 Å². The quantitative estimate of drug-likeness (QED) is 0.488. The molecule has 3 aromatic carbocycles. The van der Waals surface area contributed by atoms with Crippen molar-refractivity contribution >= 4 is 41.2 Å². The van der Waals surface area contributed by atoms with E-state index in [2.05, 4.69) is 12.1 Å². The molecule has 0 aliphatic carbocycles. The molecule has 3 atom stereocenters. The Morgan fingerprint density at radius 1 is 0.970 bits per heavy atom. The molecule has 0 spiro atoms. The van der Waals surface area contributed by atoms with Gasteiger partial charge in [-0.15, -0.1) is 0 Å². The molecule has 0 saturated carbocycles. The molecule has 3 aromatic rings. The summed E-state index contributed by atoms with van der Waals surface area (Å²) in [5.74, 6) is -0.115. The SMILES string of the molecule is COC(=O)N1C2C(C[C@H]1[Se]c1ccccc1)c1ccccc1N2S(=O)(=O)c1ccc(C)cc1. The molecular formula is C25H24N2O4SSe. The second-order valence-corrected chi connectivity index (χ2v) is 12.6. The Kier molecular flexibility index (Phi) is 5.68. The van der Waals surface area contributed by atoms with Gasteiger partial charge in [-0.1, -0.05) is 0 Å². The number of rotatable bonds is 4. The summed E-state index contributed by atoms with van der Waals surface area (Å²) in [6.07, 6.45) is -0.468. The summed E-state index contributed by atoms with van der Waals surface area (Å²) in [4.78, 5) is 14.8. The van der Waals surface area contributed by atoms with Crippen molar-refractivity contribution in [2.75, 3.05) is 11.4 Å². The van der Waals surface area contributed by atoms with Gasteiger partial charge in [0.25, 0.3) is 0 Å². The summed E-state index contributed by atoms with van der Waals surface area (Å²) in [5.41, 5.74) is 2.57. The van der Waals surface area contributed by atoms with Gasteiger partial charge < -0.3 is 0 Å². The van der Waals surface area contributed by atoms with Crippen molar-refractivity contribution in [2.24, 2.45) is 0 Å². The van der Waals surface area contributed by atoms with Gasteiger partial charge in [-0.3, -0.25) is 0 Å². The Hall–Kier alpha value is -2.80. The van der Waals surface area contributed by atoms with Crippen LogP contribution >= 0.6 is 0 Å². The molecule has 8 heteroatoms. The number of amides is 1. The number of likely N-dealkylation sites (tertiary alicyclic amines) is 1. The monoisotopic (exact) mass is 528 g/mol. The van der Waals surface area contributed by atoms with Gasteiger partial charge in [0.1, 0.15) is 0 Å². The molecule has 2 unspecified atom stereocenters. The number of fused-ring (bicyclic) bond motifs is 3. The molecule has 33 heavy (non-hydrogen) atoms. The van der Waals surface area contributed by atoms with Gasteiger partial charge in [0, 0.05) is 0 Å². The van der Waals surface area contributed by atoms with E-state index >= 15 is 0 Å². The van der Waals surface area contributed by atoms with Crippen LogP contribution in [0, 0.1) is 6.92 Å². The summed E-state index contributed by atoms with van der Waals surface area (Å²) in [6.45, 7) is 1.92. The molecule has 1 amide bonds. The van der Waals surface area contributed by atoms with E-state index in [0.717, 1.165) is 15.6 Å². The van der Waals surface area contributed by atoms with Gasteiger partial charge in [-0.05, 0) is 0 Å². The van der Waals surface area contributed by atoms with Crippen molar-refractivity contribution in [3.63, 3.8) is 0 Å². The van der Waals surface area contributed by atoms with Crippen LogP contribution in [0.5, 0.6) is 0 Å². The summed E-state index contributed by atoms with van der Waals surface area (Å²) >= 11 is -0.0615. The van der Waals surface area contributed by atoms with Crippen LogP contribution < -0.4 is 8.77 Å². The Balaban J connectivity index is 1.62. The molecule has 0 bridgehead atoms. The Morgan fingerprint density at radius 3 is 2.33 bits per heavy atom. The predicted molar refractivity (Wildman–Crippen MR) is 128 cm³/mol. The third kappa shape index (κ3) is 3.72. The van der Waals surface area contributed by atoms with Crippen LogP contribution in [-0.4, -0.2) is 52.6 Å². The molecule has 1 fully saturated rings. The zero-order valence-electron chi connectivity index (χ0n) is 18.3. The van der Waals surface area contributed by atoms with Gasteiger partial charge in [-0.25, -0.2) is 0 Å². The topological polar surface area (TPSA) is 66.9 Å². The van der Waals surface area contributed by atoms with E-state index < -0.39 is 22.3 Å². The third-order valence-corrected chi connectivity index (χ3v) is 10.6. The van der Waals surface area contributed by atoms with E-state index in [1.807, 2.05) is 49.4 Å². The molecule has 2 aliphatic rings. The van der Waals surface area contributed by atoms with Crippen molar-refractivity contribution in [3.8, 4) is 0 Å². The summed E-state index contributed by atoms with van der Waals surface area (Å²) < 4.78 is 35.6. The van der Waals surface area contributed by atoms with Crippen LogP contribution in [0.3, 0.4) is 0 Å². The Morgan fingerprint density at radius 2 is 1.64 bits per heavy atom. The van der Waals surface area contributed by atoms with Crippen molar-refractivity contribution in [2.45, 2.75) is 35.3 Å². The van der Waals surface area contributed by atoms with Gasteiger partial charge in [0.2, 0.25) is 0 Å². The number of nitrogens with zero attached hydrogens (tertiary/aromatic N) is 2. The maximum absolute atomic E-state index is 13.9. The fourth-order valence-electron chi connectivity index (χ4n) is 4.71. The van der Waals surface area contributed by atoms with Crippen molar-refractivity contribution in [1.29, 1.82) is 0 Å². The number of methoxy groups -OCH3 is 1.